The molecule has 4 heterocycles. The van der Waals surface area contributed by atoms with Crippen molar-refractivity contribution < 1.29 is 33.0 Å². The van der Waals surface area contributed by atoms with E-state index in [4.69, 9.17) is 0 Å². The van der Waals surface area contributed by atoms with Gasteiger partial charge in [-0.05, 0) is 86.3 Å². The Bertz CT molecular complexity index is 3030. The fourth-order valence-corrected chi connectivity index (χ4v) is 6.55. The van der Waals surface area contributed by atoms with Gasteiger partial charge in [0.05, 0.1) is 27.7 Å². The van der Waals surface area contributed by atoms with Crippen molar-refractivity contribution >= 4 is 78.6 Å². The molecule has 300 valence electrons. The zero-order chi connectivity index (χ0) is 41.3. The van der Waals surface area contributed by atoms with Gasteiger partial charge in [0, 0.05) is 57.3 Å². The van der Waals surface area contributed by atoms with Gasteiger partial charge in [0.1, 0.15) is 23.2 Å². The topological polar surface area (TPSA) is 176 Å². The molecule has 0 aliphatic heterocycles. The fraction of sp³-hybridized carbons (Fsp3) is 0.156. The molecule has 1 saturated carbocycles. The maximum atomic E-state index is 13.1. The Morgan fingerprint density at radius 3 is 1.93 bits per heavy atom. The predicted octanol–water partition coefficient (Wildman–Crippen LogP) is 10.2. The first-order valence-corrected chi connectivity index (χ1v) is 18.3. The van der Waals surface area contributed by atoms with E-state index in [-0.39, 0.29) is 30.1 Å². The van der Waals surface area contributed by atoms with E-state index in [2.05, 4.69) is 52.4 Å². The van der Waals surface area contributed by atoms with Gasteiger partial charge in [-0.25, -0.2) is 39.5 Å². The quantitative estimate of drug-likeness (QED) is 0.0845. The number of carboxylic acid groups (broad SMARTS) is 2. The predicted molar refractivity (Wildman–Crippen MR) is 224 cm³/mol. The molecule has 60 heavy (non-hydrogen) atoms. The number of rotatable bonds is 8. The summed E-state index contributed by atoms with van der Waals surface area (Å²) in [7, 11) is 0. The number of carbonyl (C=O) groups is 2. The van der Waals surface area contributed by atoms with Crippen LogP contribution in [0.3, 0.4) is 0 Å². The number of halogens is 3. The third-order valence-electron chi connectivity index (χ3n) is 9.55. The van der Waals surface area contributed by atoms with Crippen LogP contribution in [0.4, 0.5) is 36.2 Å². The lowest BCUT2D eigenvalue weighted by atomic mass is 10.1. The Hall–Kier alpha value is -7.73. The van der Waals surface area contributed by atoms with Crippen LogP contribution in [0.5, 0.6) is 0 Å². The van der Waals surface area contributed by atoms with Gasteiger partial charge < -0.3 is 20.8 Å². The van der Waals surface area contributed by atoms with Crippen LogP contribution in [0.25, 0.3) is 43.6 Å². The molecule has 1 aliphatic rings. The summed E-state index contributed by atoms with van der Waals surface area (Å²) in [6.45, 7) is 1.79. The fourth-order valence-electron chi connectivity index (χ4n) is 6.55. The van der Waals surface area contributed by atoms with E-state index in [9.17, 15) is 33.0 Å². The lowest BCUT2D eigenvalue weighted by Gasteiger charge is -2.14. The number of benzene rings is 4. The summed E-state index contributed by atoms with van der Waals surface area (Å²) in [4.78, 5) is 49.4. The number of aromatic carboxylic acids is 2. The molecule has 0 atom stereocenters. The minimum atomic E-state index is -4.48. The molecule has 0 amide bonds. The molecule has 0 bridgehead atoms. The number of aromatic nitrogens is 6. The van der Waals surface area contributed by atoms with E-state index in [1.165, 1.54) is 30.6 Å². The number of hydrogen-bond acceptors (Lipinski definition) is 10. The van der Waals surface area contributed by atoms with Crippen LogP contribution in [0.15, 0.2) is 104 Å². The third-order valence-corrected chi connectivity index (χ3v) is 9.55. The molecule has 15 heteroatoms. The zero-order valence-electron chi connectivity index (χ0n) is 31.0. The number of nitrogens with zero attached hydrogens (tertiary/aromatic N) is 6. The van der Waals surface area contributed by atoms with Crippen molar-refractivity contribution in [1.29, 1.82) is 0 Å². The molecule has 4 aromatic heterocycles. The molecular weight excluding hydrogens is 774 g/mol. The molecule has 12 nitrogen and oxygen atoms in total. The smallest absolute Gasteiger partial charge is 0.416 e. The highest BCUT2D eigenvalue weighted by Crippen LogP contribution is 2.36. The number of anilines is 4. The van der Waals surface area contributed by atoms with Gasteiger partial charge in [-0.3, -0.25) is 0 Å². The average Bonchev–Trinajstić information content (AvgIpc) is 4.05. The van der Waals surface area contributed by atoms with Gasteiger partial charge >= 0.3 is 18.1 Å². The van der Waals surface area contributed by atoms with Crippen LogP contribution in [0.2, 0.25) is 0 Å². The summed E-state index contributed by atoms with van der Waals surface area (Å²) in [6, 6.07) is 21.9. The SMILES string of the molecule is C.CC#Cc1cccc(Nc2nc3cc(C(=O)O)ccc3c3cncnc23)c1.O=C(O)c1ccc2c(c1)nc(Nc1cccc(C(F)(F)F)c1)c1nc(CC3CC3)ncc12. The highest BCUT2D eigenvalue weighted by atomic mass is 19.4. The molecular formula is C45H35F3N8O4. The van der Waals surface area contributed by atoms with E-state index in [0.29, 0.717) is 50.4 Å². The van der Waals surface area contributed by atoms with Crippen LogP contribution < -0.4 is 10.6 Å². The molecule has 8 aromatic rings. The number of hydrogen-bond donors (Lipinski definition) is 4. The first-order valence-electron chi connectivity index (χ1n) is 18.3. The van der Waals surface area contributed by atoms with Gasteiger partial charge in [-0.1, -0.05) is 37.6 Å². The standard InChI is InChI=1S/C23H17F3N4O2.C21H14N4O2.CH4/c24-23(25,26)14-2-1-3-15(10-14)28-21-20-17(11-27-19(30-20)8-12-4-5-12)16-7-6-13(22(31)32)9-18(16)29-21;1-2-4-13-5-3-6-15(9-13)24-20-19-17(11-22-12-23-19)16-8-7-14(21(26)27)10-18(16)25-20;/h1-3,6-7,9-12H,4-5,8H2,(H,28,29)(H,31,32);3,5-12H,1H3,(H,24,25)(H,26,27);1H4. The minimum Gasteiger partial charge on any atom is -0.478 e. The summed E-state index contributed by atoms with van der Waals surface area (Å²) in [5.41, 5.74) is 3.42. The summed E-state index contributed by atoms with van der Waals surface area (Å²) in [6.07, 6.45) is 3.35. The van der Waals surface area contributed by atoms with Crippen molar-refractivity contribution in [3.8, 4) is 11.8 Å². The van der Waals surface area contributed by atoms with Crippen molar-refractivity contribution in [3.63, 3.8) is 0 Å². The second-order valence-corrected chi connectivity index (χ2v) is 13.8. The van der Waals surface area contributed by atoms with Gasteiger partial charge in [-0.15, -0.1) is 5.92 Å². The number of alkyl halides is 3. The van der Waals surface area contributed by atoms with Crippen molar-refractivity contribution in [3.05, 3.63) is 132 Å². The van der Waals surface area contributed by atoms with Crippen LogP contribution >= 0.6 is 0 Å². The number of fused-ring (bicyclic) bond motifs is 6. The number of carboxylic acids is 2. The normalized spacial score (nSPS) is 12.2. The molecule has 4 aromatic carbocycles. The molecule has 0 radical (unpaired) electrons. The molecule has 0 spiro atoms. The van der Waals surface area contributed by atoms with Gasteiger partial charge in [0.2, 0.25) is 0 Å². The summed E-state index contributed by atoms with van der Waals surface area (Å²) < 4.78 is 39.4. The van der Waals surface area contributed by atoms with Crippen molar-refractivity contribution in [1.82, 2.24) is 29.9 Å². The monoisotopic (exact) mass is 808 g/mol. The summed E-state index contributed by atoms with van der Waals surface area (Å²) in [5.74, 6) is 5.78. The maximum Gasteiger partial charge on any atom is 0.416 e. The average molecular weight is 809 g/mol. The number of nitrogens with one attached hydrogen (secondary N) is 2. The third kappa shape index (κ3) is 8.72. The Balaban J connectivity index is 0.000000181. The Morgan fingerprint density at radius 1 is 0.733 bits per heavy atom. The zero-order valence-corrected chi connectivity index (χ0v) is 31.0. The molecule has 4 N–H and O–H groups in total. The first kappa shape index (κ1) is 40.5. The van der Waals surface area contributed by atoms with Crippen LogP contribution in [-0.2, 0) is 12.6 Å². The van der Waals surface area contributed by atoms with E-state index in [1.54, 1.807) is 43.6 Å². The van der Waals surface area contributed by atoms with Gasteiger partial charge in [0.25, 0.3) is 0 Å². The maximum absolute atomic E-state index is 13.1. The van der Waals surface area contributed by atoms with Gasteiger partial charge in [0.15, 0.2) is 11.6 Å². The molecule has 9 rings (SSSR count). The van der Waals surface area contributed by atoms with Crippen molar-refractivity contribution in [2.24, 2.45) is 5.92 Å². The van der Waals surface area contributed by atoms with Crippen molar-refractivity contribution in [2.45, 2.75) is 39.8 Å². The molecule has 1 fully saturated rings. The summed E-state index contributed by atoms with van der Waals surface area (Å²) >= 11 is 0. The van der Waals surface area contributed by atoms with Crippen LogP contribution in [0, 0.1) is 17.8 Å². The van der Waals surface area contributed by atoms with Gasteiger partial charge in [-0.2, -0.15) is 13.2 Å². The Labute approximate surface area is 340 Å². The second-order valence-electron chi connectivity index (χ2n) is 13.8. The second kappa shape index (κ2) is 16.6. The van der Waals surface area contributed by atoms with Crippen molar-refractivity contribution in [2.75, 3.05) is 10.6 Å². The van der Waals surface area contributed by atoms with E-state index >= 15 is 0 Å². The largest absolute Gasteiger partial charge is 0.478 e. The highest BCUT2D eigenvalue weighted by molar-refractivity contribution is 6.11. The lowest BCUT2D eigenvalue weighted by molar-refractivity contribution is -0.137. The lowest BCUT2D eigenvalue weighted by Crippen LogP contribution is -2.06. The highest BCUT2D eigenvalue weighted by Gasteiger charge is 2.30. The molecule has 0 saturated heterocycles. The van der Waals surface area contributed by atoms with Crippen LogP contribution in [0.1, 0.15) is 64.9 Å². The molecule has 1 aliphatic carbocycles. The van der Waals surface area contributed by atoms with Crippen LogP contribution in [-0.4, -0.2) is 52.1 Å². The minimum absolute atomic E-state index is 0. The summed E-state index contributed by atoms with van der Waals surface area (Å²) in [5, 5.41) is 27.7. The molecule has 0 unspecified atom stereocenters. The van der Waals surface area contributed by atoms with E-state index in [1.807, 2.05) is 24.3 Å². The first-order chi connectivity index (χ1) is 28.4. The Kier molecular flexibility index (Phi) is 11.2. The van der Waals surface area contributed by atoms with E-state index in [0.717, 1.165) is 53.4 Å². The van der Waals surface area contributed by atoms with E-state index < -0.39 is 23.7 Å². The Morgan fingerprint density at radius 2 is 1.33 bits per heavy atom. The number of pyridine rings is 2.